The third kappa shape index (κ3) is 4.14. The number of ether oxygens (including phenoxy) is 2. The molecule has 0 atom stereocenters. The average Bonchev–Trinajstić information content (AvgIpc) is 2.47. The van der Waals surface area contributed by atoms with Crippen LogP contribution in [0.5, 0.6) is 11.5 Å². The Morgan fingerprint density at radius 2 is 1.64 bits per heavy atom. The molecule has 0 bridgehead atoms. The number of benzene rings is 2. The summed E-state index contributed by atoms with van der Waals surface area (Å²) in [5, 5.41) is 0.839. The Hall–Kier alpha value is -1.26. The van der Waals surface area contributed by atoms with Crippen LogP contribution in [-0.2, 0) is 0 Å². The van der Waals surface area contributed by atoms with Crippen LogP contribution in [0.25, 0.3) is 0 Å². The smallest absolute Gasteiger partial charge is 0.499 e. The molecule has 2 rings (SSSR count). The molecule has 0 aliphatic carbocycles. The van der Waals surface area contributed by atoms with Crippen molar-refractivity contribution in [1.82, 2.24) is 0 Å². The molecular weight excluding hydrogens is 290 g/mol. The van der Waals surface area contributed by atoms with Crippen LogP contribution in [0, 0.1) is 13.8 Å². The Kier molecular flexibility index (Phi) is 7.17. The minimum atomic E-state index is 0. The molecule has 0 saturated heterocycles. The molecule has 0 heterocycles. The van der Waals surface area contributed by atoms with Crippen LogP contribution in [0.4, 0.5) is 0 Å². The van der Waals surface area contributed by atoms with Crippen LogP contribution in [0.15, 0.2) is 36.4 Å². The Labute approximate surface area is 145 Å². The standard InChI is InChI=1S/C17H18O3P.Li/c1-11-6-5-7-12(2)16(11)17(18)21-15-9-8-13(19-3)10-14(15)20-4;/h5-10H,1-4H3;/q-1;+1. The van der Waals surface area contributed by atoms with E-state index in [0.717, 1.165) is 22.0 Å². The molecule has 0 spiro atoms. The summed E-state index contributed by atoms with van der Waals surface area (Å²) in [6.07, 6.45) is 0. The van der Waals surface area contributed by atoms with Gasteiger partial charge in [0.15, 0.2) is 0 Å². The van der Waals surface area contributed by atoms with Gasteiger partial charge in [-0.25, -0.2) is 0 Å². The van der Waals surface area contributed by atoms with Crippen molar-refractivity contribution >= 4 is 19.4 Å². The number of hydrogen-bond acceptors (Lipinski definition) is 3. The van der Waals surface area contributed by atoms with Crippen molar-refractivity contribution in [3.8, 4) is 11.5 Å². The minimum absolute atomic E-state index is 0. The van der Waals surface area contributed by atoms with Crippen LogP contribution in [0.2, 0.25) is 0 Å². The molecule has 0 amide bonds. The van der Waals surface area contributed by atoms with E-state index in [1.165, 1.54) is 0 Å². The van der Waals surface area contributed by atoms with Crippen molar-refractivity contribution in [1.29, 1.82) is 0 Å². The topological polar surface area (TPSA) is 35.5 Å². The van der Waals surface area contributed by atoms with Gasteiger partial charge in [-0.15, -0.1) is 0 Å². The fourth-order valence-corrected chi connectivity index (χ4v) is 3.29. The molecule has 22 heavy (non-hydrogen) atoms. The van der Waals surface area contributed by atoms with E-state index in [1.54, 1.807) is 20.3 Å². The quantitative estimate of drug-likeness (QED) is 0.604. The van der Waals surface area contributed by atoms with Gasteiger partial charge >= 0.3 is 18.9 Å². The van der Waals surface area contributed by atoms with E-state index in [4.69, 9.17) is 9.47 Å². The van der Waals surface area contributed by atoms with Crippen molar-refractivity contribution in [3.63, 3.8) is 0 Å². The first-order valence-electron chi connectivity index (χ1n) is 6.61. The average molecular weight is 308 g/mol. The summed E-state index contributed by atoms with van der Waals surface area (Å²) in [6, 6.07) is 11.4. The van der Waals surface area contributed by atoms with Crippen molar-refractivity contribution in [2.45, 2.75) is 13.8 Å². The van der Waals surface area contributed by atoms with Gasteiger partial charge in [0.1, 0.15) is 5.75 Å². The molecule has 110 valence electrons. The predicted molar refractivity (Wildman–Crippen MR) is 86.3 cm³/mol. The van der Waals surface area contributed by atoms with Crippen molar-refractivity contribution < 1.29 is 33.1 Å². The van der Waals surface area contributed by atoms with Crippen molar-refractivity contribution in [3.05, 3.63) is 53.1 Å². The molecule has 0 aliphatic heterocycles. The summed E-state index contributed by atoms with van der Waals surface area (Å²) < 4.78 is 10.5. The zero-order valence-corrected chi connectivity index (χ0v) is 14.5. The Balaban J connectivity index is 0.00000242. The summed E-state index contributed by atoms with van der Waals surface area (Å²) in [7, 11) is 3.80. The van der Waals surface area contributed by atoms with E-state index in [-0.39, 0.29) is 24.4 Å². The fraction of sp³-hybridized carbons (Fsp3) is 0.235. The largest absolute Gasteiger partial charge is 1.00 e. The van der Waals surface area contributed by atoms with Crippen LogP contribution in [0.3, 0.4) is 0 Å². The first-order valence-corrected chi connectivity index (χ1v) is 7.50. The number of carbonyl (C=O) groups is 1. The van der Waals surface area contributed by atoms with Crippen molar-refractivity contribution in [2.24, 2.45) is 0 Å². The third-order valence-electron chi connectivity index (χ3n) is 3.30. The molecule has 0 aromatic heterocycles. The molecule has 0 saturated carbocycles. The van der Waals surface area contributed by atoms with E-state index in [0.29, 0.717) is 20.1 Å². The van der Waals surface area contributed by atoms with E-state index in [1.807, 2.05) is 44.2 Å². The number of aryl methyl sites for hydroxylation is 2. The SMILES string of the molecule is COc1ccc([P-]C(=O)c2c(C)cccc2C)c(OC)c1.[Li+]. The molecule has 0 unspecified atom stereocenters. The molecular formula is C17H18LiO3P. The molecule has 2 aromatic rings. The third-order valence-corrected chi connectivity index (χ3v) is 4.34. The maximum Gasteiger partial charge on any atom is 1.00 e. The van der Waals surface area contributed by atoms with E-state index in [2.05, 4.69) is 0 Å². The minimum Gasteiger partial charge on any atom is -0.499 e. The first kappa shape index (κ1) is 18.8. The van der Waals surface area contributed by atoms with Crippen LogP contribution in [0.1, 0.15) is 21.5 Å². The number of methoxy groups -OCH3 is 2. The second kappa shape index (κ2) is 8.39. The maximum absolute atomic E-state index is 12.6. The predicted octanol–water partition coefficient (Wildman–Crippen LogP) is 0.737. The summed E-state index contributed by atoms with van der Waals surface area (Å²) in [5.41, 5.74) is 2.87. The number of rotatable bonds is 5. The van der Waals surface area contributed by atoms with Crippen LogP contribution < -0.4 is 33.6 Å². The molecule has 0 radical (unpaired) electrons. The molecule has 2 aromatic carbocycles. The van der Waals surface area contributed by atoms with Gasteiger partial charge in [0, 0.05) is 11.6 Å². The molecule has 3 nitrogen and oxygen atoms in total. The van der Waals surface area contributed by atoms with Gasteiger partial charge in [0.2, 0.25) is 0 Å². The van der Waals surface area contributed by atoms with Gasteiger partial charge in [-0.1, -0.05) is 24.3 Å². The summed E-state index contributed by atoms with van der Waals surface area (Å²) >= 11 is 0. The Morgan fingerprint density at radius 1 is 1.00 bits per heavy atom. The van der Waals surface area contributed by atoms with Gasteiger partial charge in [0.05, 0.1) is 20.0 Å². The number of hydrogen-bond donors (Lipinski definition) is 0. The fourth-order valence-electron chi connectivity index (χ4n) is 2.19. The van der Waals surface area contributed by atoms with Crippen LogP contribution >= 0.6 is 8.58 Å². The first-order chi connectivity index (χ1) is 10.1. The van der Waals surface area contributed by atoms with Gasteiger partial charge in [-0.3, -0.25) is 0 Å². The zero-order valence-electron chi connectivity index (χ0n) is 13.6. The van der Waals surface area contributed by atoms with Gasteiger partial charge < -0.3 is 22.8 Å². The number of carbonyl (C=O) groups excluding carboxylic acids is 1. The normalized spacial score (nSPS) is 10.4. The second-order valence-electron chi connectivity index (χ2n) is 4.72. The van der Waals surface area contributed by atoms with Gasteiger partial charge in [-0.2, -0.15) is 5.30 Å². The van der Waals surface area contributed by atoms with Crippen LogP contribution in [-0.4, -0.2) is 19.7 Å². The van der Waals surface area contributed by atoms with Crippen molar-refractivity contribution in [2.75, 3.05) is 14.2 Å². The maximum atomic E-state index is 12.6. The van der Waals surface area contributed by atoms with Gasteiger partial charge in [0.25, 0.3) is 0 Å². The molecule has 0 fully saturated rings. The summed E-state index contributed by atoms with van der Waals surface area (Å²) in [6.45, 7) is 3.92. The van der Waals surface area contributed by atoms with Gasteiger partial charge in [-0.05, 0) is 36.6 Å². The van der Waals surface area contributed by atoms with E-state index < -0.39 is 0 Å². The van der Waals surface area contributed by atoms with E-state index >= 15 is 0 Å². The zero-order chi connectivity index (χ0) is 15.4. The molecule has 5 heteroatoms. The Morgan fingerprint density at radius 3 is 2.18 bits per heavy atom. The monoisotopic (exact) mass is 308 g/mol. The second-order valence-corrected chi connectivity index (χ2v) is 5.83. The molecule has 0 N–H and O–H groups in total. The molecule has 0 aliphatic rings. The summed E-state index contributed by atoms with van der Waals surface area (Å²) in [5.74, 6) is 1.38. The van der Waals surface area contributed by atoms with E-state index in [9.17, 15) is 4.79 Å². The Bertz CT molecular complexity index is 651. The summed E-state index contributed by atoms with van der Waals surface area (Å²) in [4.78, 5) is 12.6.